The van der Waals surface area contributed by atoms with Gasteiger partial charge >= 0.3 is 6.09 Å². The molecule has 0 radical (unpaired) electrons. The summed E-state index contributed by atoms with van der Waals surface area (Å²) in [5.74, 6) is 1.04. The number of guanidine groups is 1. The van der Waals surface area contributed by atoms with Crippen molar-refractivity contribution in [3.8, 4) is 0 Å². The van der Waals surface area contributed by atoms with E-state index >= 15 is 0 Å². The Bertz CT molecular complexity index is 327. The first-order valence-corrected chi connectivity index (χ1v) is 7.09. The Morgan fingerprint density at radius 1 is 1.38 bits per heavy atom. The molecule has 1 amide bonds. The number of hydrogen-bond acceptors (Lipinski definition) is 3. The smallest absolute Gasteiger partial charge is 0.410 e. The van der Waals surface area contributed by atoms with E-state index in [1.54, 1.807) is 7.05 Å². The molecule has 6 nitrogen and oxygen atoms in total. The van der Waals surface area contributed by atoms with Crippen molar-refractivity contribution >= 4 is 36.0 Å². The van der Waals surface area contributed by atoms with E-state index < -0.39 is 5.60 Å². The number of carbonyl (C=O) groups is 1. The molecule has 0 aliphatic rings. The van der Waals surface area contributed by atoms with Crippen molar-refractivity contribution in [2.45, 2.75) is 46.6 Å². The van der Waals surface area contributed by atoms with Gasteiger partial charge in [-0.25, -0.2) is 4.79 Å². The van der Waals surface area contributed by atoms with E-state index in [1.807, 2.05) is 20.8 Å². The molecule has 0 fully saturated rings. The lowest BCUT2D eigenvalue weighted by atomic mass is 10.1. The molecule has 0 aromatic carbocycles. The minimum Gasteiger partial charge on any atom is -0.444 e. The summed E-state index contributed by atoms with van der Waals surface area (Å²) in [6, 6.07) is 0. The molecule has 7 heteroatoms. The molecular formula is C14H31IN4O2. The van der Waals surface area contributed by atoms with Gasteiger partial charge in [-0.2, -0.15) is 0 Å². The molecule has 0 saturated heterocycles. The number of carbonyl (C=O) groups excluding carboxylic acids is 1. The molecule has 21 heavy (non-hydrogen) atoms. The number of amides is 1. The van der Waals surface area contributed by atoms with Crippen LogP contribution in [0.3, 0.4) is 0 Å². The van der Waals surface area contributed by atoms with Crippen molar-refractivity contribution < 1.29 is 9.53 Å². The molecule has 0 atom stereocenters. The fourth-order valence-corrected chi connectivity index (χ4v) is 1.28. The number of rotatable bonds is 6. The molecule has 0 aromatic rings. The lowest BCUT2D eigenvalue weighted by Crippen LogP contribution is -2.41. The second-order valence-electron chi connectivity index (χ2n) is 6.28. The first-order chi connectivity index (χ1) is 9.11. The monoisotopic (exact) mass is 414 g/mol. The van der Waals surface area contributed by atoms with Gasteiger partial charge < -0.3 is 20.7 Å². The van der Waals surface area contributed by atoms with E-state index in [2.05, 4.69) is 24.2 Å². The molecule has 0 unspecified atom stereocenters. The minimum absolute atomic E-state index is 0. The summed E-state index contributed by atoms with van der Waals surface area (Å²) in [6.07, 6.45) is 0.676. The van der Waals surface area contributed by atoms with Gasteiger partial charge in [0, 0.05) is 26.7 Å². The number of ether oxygens (including phenoxy) is 1. The molecular weight excluding hydrogens is 383 g/mol. The first-order valence-electron chi connectivity index (χ1n) is 7.09. The third-order valence-electron chi connectivity index (χ3n) is 2.45. The van der Waals surface area contributed by atoms with Crippen LogP contribution in [0.15, 0.2) is 4.99 Å². The normalized spacial score (nSPS) is 11.9. The van der Waals surface area contributed by atoms with Crippen LogP contribution in [-0.4, -0.2) is 49.2 Å². The molecule has 0 aliphatic heterocycles. The van der Waals surface area contributed by atoms with Crippen LogP contribution in [0.1, 0.15) is 41.0 Å². The number of halogens is 1. The molecule has 0 bridgehead atoms. The van der Waals surface area contributed by atoms with Gasteiger partial charge in [0.05, 0.1) is 0 Å². The van der Waals surface area contributed by atoms with Crippen molar-refractivity contribution in [1.29, 1.82) is 0 Å². The van der Waals surface area contributed by atoms with Crippen LogP contribution in [-0.2, 0) is 4.74 Å². The highest BCUT2D eigenvalue weighted by Gasteiger charge is 2.19. The Kier molecular flexibility index (Phi) is 11.7. The molecule has 0 spiro atoms. The topological polar surface area (TPSA) is 80.0 Å². The average molecular weight is 414 g/mol. The zero-order valence-corrected chi connectivity index (χ0v) is 16.4. The summed E-state index contributed by atoms with van der Waals surface area (Å²) < 4.78 is 5.25. The third-order valence-corrected chi connectivity index (χ3v) is 2.45. The Balaban J connectivity index is 0. The minimum atomic E-state index is -0.476. The molecule has 3 N–H and O–H groups in total. The van der Waals surface area contributed by atoms with Gasteiger partial charge in [-0.1, -0.05) is 13.8 Å². The second-order valence-corrected chi connectivity index (χ2v) is 6.28. The molecule has 0 heterocycles. The van der Waals surface area contributed by atoms with Crippen LogP contribution < -0.4 is 11.1 Å². The molecule has 0 aliphatic carbocycles. The number of hydrogen-bond donors (Lipinski definition) is 2. The number of nitrogens with one attached hydrogen (secondary N) is 1. The summed E-state index contributed by atoms with van der Waals surface area (Å²) in [7, 11) is 1.70. The van der Waals surface area contributed by atoms with Gasteiger partial charge in [-0.3, -0.25) is 4.99 Å². The number of aliphatic imine (C=N–C) groups is 1. The fourth-order valence-electron chi connectivity index (χ4n) is 1.28. The number of nitrogens with zero attached hydrogens (tertiary/aromatic N) is 2. The van der Waals surface area contributed by atoms with Crippen molar-refractivity contribution in [1.82, 2.24) is 10.2 Å². The number of likely N-dealkylation sites (N-methyl/N-ethyl adjacent to an activating group) is 1. The number of nitrogens with two attached hydrogens (primary N) is 1. The van der Waals surface area contributed by atoms with Crippen molar-refractivity contribution in [2.75, 3.05) is 26.7 Å². The van der Waals surface area contributed by atoms with Crippen LogP contribution in [0, 0.1) is 5.92 Å². The lowest BCUT2D eigenvalue weighted by Gasteiger charge is -2.24. The van der Waals surface area contributed by atoms with Crippen molar-refractivity contribution in [3.05, 3.63) is 0 Å². The molecule has 126 valence electrons. The van der Waals surface area contributed by atoms with Crippen LogP contribution in [0.2, 0.25) is 0 Å². The third kappa shape index (κ3) is 14.0. The predicted octanol–water partition coefficient (Wildman–Crippen LogP) is 2.42. The van der Waals surface area contributed by atoms with E-state index in [9.17, 15) is 4.79 Å². The van der Waals surface area contributed by atoms with E-state index in [0.717, 1.165) is 13.0 Å². The average Bonchev–Trinajstić information content (AvgIpc) is 2.25. The van der Waals surface area contributed by atoms with E-state index in [-0.39, 0.29) is 30.1 Å². The highest BCUT2D eigenvalue weighted by molar-refractivity contribution is 14.0. The quantitative estimate of drug-likeness (QED) is 0.398. The summed E-state index contributed by atoms with van der Waals surface area (Å²) in [5, 5.41) is 2.98. The SMILES string of the molecule is CC(C)CCN=C(N)NCCN(C)C(=O)OC(C)(C)C.I. The van der Waals surface area contributed by atoms with Gasteiger partial charge in [-0.05, 0) is 33.1 Å². The fraction of sp³-hybridized carbons (Fsp3) is 0.857. The van der Waals surface area contributed by atoms with E-state index in [0.29, 0.717) is 25.0 Å². The standard InChI is InChI=1S/C14H30N4O2.HI/c1-11(2)7-8-16-12(15)17-9-10-18(6)13(19)20-14(3,4)5;/h11H,7-10H2,1-6H3,(H3,15,16,17);1H. The zero-order chi connectivity index (χ0) is 15.8. The largest absolute Gasteiger partial charge is 0.444 e. The van der Waals surface area contributed by atoms with Gasteiger partial charge in [0.15, 0.2) is 5.96 Å². The summed E-state index contributed by atoms with van der Waals surface area (Å²) in [4.78, 5) is 17.4. The van der Waals surface area contributed by atoms with Gasteiger partial charge in [0.1, 0.15) is 5.60 Å². The highest BCUT2D eigenvalue weighted by atomic mass is 127. The van der Waals surface area contributed by atoms with Crippen LogP contribution >= 0.6 is 24.0 Å². The van der Waals surface area contributed by atoms with Crippen molar-refractivity contribution in [3.63, 3.8) is 0 Å². The zero-order valence-electron chi connectivity index (χ0n) is 14.1. The van der Waals surface area contributed by atoms with Crippen LogP contribution in [0.25, 0.3) is 0 Å². The maximum Gasteiger partial charge on any atom is 0.410 e. The van der Waals surface area contributed by atoms with E-state index in [1.165, 1.54) is 4.90 Å². The second kappa shape index (κ2) is 10.9. The Hall–Kier alpha value is -0.730. The molecule has 0 saturated carbocycles. The first kappa shape index (κ1) is 22.5. The van der Waals surface area contributed by atoms with Gasteiger partial charge in [0.2, 0.25) is 0 Å². The van der Waals surface area contributed by atoms with Gasteiger partial charge in [0.25, 0.3) is 0 Å². The lowest BCUT2D eigenvalue weighted by molar-refractivity contribution is 0.0302. The van der Waals surface area contributed by atoms with Crippen molar-refractivity contribution in [2.24, 2.45) is 16.6 Å². The Morgan fingerprint density at radius 2 is 1.95 bits per heavy atom. The molecule has 0 rings (SSSR count). The van der Waals surface area contributed by atoms with E-state index in [4.69, 9.17) is 10.5 Å². The van der Waals surface area contributed by atoms with Crippen LogP contribution in [0.4, 0.5) is 4.79 Å². The predicted molar refractivity (Wildman–Crippen MR) is 98.2 cm³/mol. The highest BCUT2D eigenvalue weighted by Crippen LogP contribution is 2.08. The maximum atomic E-state index is 11.7. The summed E-state index contributed by atoms with van der Waals surface area (Å²) >= 11 is 0. The summed E-state index contributed by atoms with van der Waals surface area (Å²) in [6.45, 7) is 11.6. The maximum absolute atomic E-state index is 11.7. The summed E-state index contributed by atoms with van der Waals surface area (Å²) in [5.41, 5.74) is 5.25. The van der Waals surface area contributed by atoms with Gasteiger partial charge in [-0.15, -0.1) is 24.0 Å². The Labute approximate surface area is 145 Å². The Morgan fingerprint density at radius 3 is 2.43 bits per heavy atom. The van der Waals surface area contributed by atoms with Crippen LogP contribution in [0.5, 0.6) is 0 Å². The molecule has 0 aromatic heterocycles.